The molecule has 1 aromatic heterocycles. The summed E-state index contributed by atoms with van der Waals surface area (Å²) in [6.45, 7) is 4.20. The molecule has 106 valence electrons. The monoisotopic (exact) mass is 268 g/mol. The second kappa shape index (κ2) is 6.82. The van der Waals surface area contributed by atoms with E-state index in [1.807, 2.05) is 19.9 Å². The van der Waals surface area contributed by atoms with Gasteiger partial charge < -0.3 is 19.3 Å². The van der Waals surface area contributed by atoms with Gasteiger partial charge in [-0.1, -0.05) is 6.92 Å². The van der Waals surface area contributed by atoms with Gasteiger partial charge in [-0.25, -0.2) is 4.79 Å². The summed E-state index contributed by atoms with van der Waals surface area (Å²) in [4.78, 5) is 25.6. The van der Waals surface area contributed by atoms with Crippen molar-refractivity contribution in [3.63, 3.8) is 0 Å². The molecule has 0 aliphatic carbocycles. The number of hydrogen-bond donors (Lipinski definition) is 1. The van der Waals surface area contributed by atoms with Crippen LogP contribution in [-0.4, -0.2) is 47.0 Å². The van der Waals surface area contributed by atoms with Crippen molar-refractivity contribution >= 4 is 12.0 Å². The molecule has 0 spiro atoms. The minimum absolute atomic E-state index is 0.284. The van der Waals surface area contributed by atoms with Gasteiger partial charge in [0.2, 0.25) is 0 Å². The molecular formula is C13H20N2O4. The van der Waals surface area contributed by atoms with E-state index in [-0.39, 0.29) is 12.6 Å². The van der Waals surface area contributed by atoms with E-state index in [4.69, 9.17) is 9.52 Å². The highest BCUT2D eigenvalue weighted by atomic mass is 16.4. The number of amides is 2. The number of aryl methyl sites for hydroxylation is 1. The molecular weight excluding hydrogens is 248 g/mol. The second-order valence-corrected chi connectivity index (χ2v) is 4.47. The predicted octanol–water partition coefficient (Wildman–Crippen LogP) is 1.94. The van der Waals surface area contributed by atoms with Gasteiger partial charge in [-0.15, -0.1) is 0 Å². The van der Waals surface area contributed by atoms with E-state index in [2.05, 4.69) is 0 Å². The first-order valence-corrected chi connectivity index (χ1v) is 6.21. The van der Waals surface area contributed by atoms with E-state index in [9.17, 15) is 9.59 Å². The highest BCUT2D eigenvalue weighted by molar-refractivity contribution is 5.80. The Balaban J connectivity index is 2.64. The molecule has 0 atom stereocenters. The lowest BCUT2D eigenvalue weighted by molar-refractivity contribution is -0.137. The molecule has 1 heterocycles. The number of carboxylic acids is 1. The smallest absolute Gasteiger partial charge is 0.323 e. The van der Waals surface area contributed by atoms with Crippen LogP contribution in [0.5, 0.6) is 0 Å². The molecule has 0 aliphatic rings. The third-order valence-corrected chi connectivity index (χ3v) is 2.61. The number of hydrogen-bond acceptors (Lipinski definition) is 3. The molecule has 0 radical (unpaired) electrons. The van der Waals surface area contributed by atoms with Crippen LogP contribution in [0.15, 0.2) is 16.5 Å². The maximum atomic E-state index is 12.1. The zero-order valence-electron chi connectivity index (χ0n) is 11.5. The van der Waals surface area contributed by atoms with Crippen LogP contribution in [0.25, 0.3) is 0 Å². The number of rotatable bonds is 6. The predicted molar refractivity (Wildman–Crippen MR) is 69.8 cm³/mol. The molecule has 2 amide bonds. The molecule has 0 unspecified atom stereocenters. The van der Waals surface area contributed by atoms with Crippen molar-refractivity contribution < 1.29 is 19.1 Å². The third-order valence-electron chi connectivity index (χ3n) is 2.61. The Morgan fingerprint density at radius 1 is 1.37 bits per heavy atom. The van der Waals surface area contributed by atoms with Gasteiger partial charge >= 0.3 is 12.0 Å². The van der Waals surface area contributed by atoms with Crippen LogP contribution in [0, 0.1) is 6.92 Å². The molecule has 0 saturated heterocycles. The van der Waals surface area contributed by atoms with E-state index in [0.29, 0.717) is 25.3 Å². The van der Waals surface area contributed by atoms with E-state index in [0.717, 1.165) is 5.76 Å². The average Bonchev–Trinajstić information content (AvgIpc) is 2.72. The number of aliphatic carboxylic acids is 1. The number of nitrogens with zero attached hydrogens (tertiary/aromatic N) is 2. The summed E-state index contributed by atoms with van der Waals surface area (Å²) in [5.74, 6) is 0.455. The van der Waals surface area contributed by atoms with Gasteiger partial charge in [0, 0.05) is 13.6 Å². The van der Waals surface area contributed by atoms with E-state index in [1.165, 1.54) is 9.80 Å². The fourth-order valence-electron chi connectivity index (χ4n) is 1.79. The van der Waals surface area contributed by atoms with Crippen LogP contribution < -0.4 is 0 Å². The molecule has 1 rings (SSSR count). The largest absolute Gasteiger partial charge is 0.480 e. The molecule has 0 aliphatic heterocycles. The maximum Gasteiger partial charge on any atom is 0.323 e. The first-order chi connectivity index (χ1) is 8.93. The van der Waals surface area contributed by atoms with Crippen LogP contribution in [0.3, 0.4) is 0 Å². The number of carboxylic acid groups (broad SMARTS) is 1. The molecule has 19 heavy (non-hydrogen) atoms. The third kappa shape index (κ3) is 4.65. The highest BCUT2D eigenvalue weighted by Crippen LogP contribution is 2.10. The summed E-state index contributed by atoms with van der Waals surface area (Å²) in [7, 11) is 1.63. The van der Waals surface area contributed by atoms with Crippen molar-refractivity contribution in [3.8, 4) is 0 Å². The Hall–Kier alpha value is -1.98. The molecule has 1 aromatic rings. The van der Waals surface area contributed by atoms with Gasteiger partial charge in [0.1, 0.15) is 18.1 Å². The van der Waals surface area contributed by atoms with Gasteiger partial charge in [-0.05, 0) is 25.5 Å². The average molecular weight is 268 g/mol. The summed E-state index contributed by atoms with van der Waals surface area (Å²) in [5.41, 5.74) is 0. The lowest BCUT2D eigenvalue weighted by Gasteiger charge is -2.26. The Labute approximate surface area is 112 Å². The van der Waals surface area contributed by atoms with Crippen LogP contribution >= 0.6 is 0 Å². The van der Waals surface area contributed by atoms with Crippen LogP contribution in [-0.2, 0) is 11.3 Å². The van der Waals surface area contributed by atoms with Gasteiger partial charge in [-0.3, -0.25) is 4.79 Å². The topological polar surface area (TPSA) is 74.0 Å². The Kier molecular flexibility index (Phi) is 5.41. The first kappa shape index (κ1) is 15.1. The van der Waals surface area contributed by atoms with Crippen molar-refractivity contribution in [3.05, 3.63) is 23.7 Å². The van der Waals surface area contributed by atoms with Gasteiger partial charge in [0.25, 0.3) is 0 Å². The zero-order chi connectivity index (χ0) is 14.4. The SMILES string of the molecule is CCCN(CC(=O)O)C(=O)N(C)Cc1ccc(C)o1. The lowest BCUT2D eigenvalue weighted by Crippen LogP contribution is -2.43. The summed E-state index contributed by atoms with van der Waals surface area (Å²) >= 11 is 0. The van der Waals surface area contributed by atoms with Gasteiger partial charge in [0.05, 0.1) is 6.54 Å². The van der Waals surface area contributed by atoms with Gasteiger partial charge in [0.15, 0.2) is 0 Å². The van der Waals surface area contributed by atoms with E-state index < -0.39 is 5.97 Å². The lowest BCUT2D eigenvalue weighted by atomic mass is 10.4. The van der Waals surface area contributed by atoms with Crippen molar-refractivity contribution in [2.45, 2.75) is 26.8 Å². The van der Waals surface area contributed by atoms with Crippen molar-refractivity contribution in [1.82, 2.24) is 9.80 Å². The van der Waals surface area contributed by atoms with Crippen LogP contribution in [0.1, 0.15) is 24.9 Å². The number of furan rings is 1. The minimum Gasteiger partial charge on any atom is -0.480 e. The quantitative estimate of drug-likeness (QED) is 0.855. The molecule has 6 heteroatoms. The molecule has 6 nitrogen and oxygen atoms in total. The van der Waals surface area contributed by atoms with Crippen molar-refractivity contribution in [2.75, 3.05) is 20.1 Å². The standard InChI is InChI=1S/C13H20N2O4/c1-4-7-15(9-12(16)17)13(18)14(3)8-11-6-5-10(2)19-11/h5-6H,4,7-9H2,1-3H3,(H,16,17). The van der Waals surface area contributed by atoms with Crippen LogP contribution in [0.2, 0.25) is 0 Å². The molecule has 0 bridgehead atoms. The summed E-state index contributed by atoms with van der Waals surface area (Å²) in [6.07, 6.45) is 0.715. The zero-order valence-corrected chi connectivity index (χ0v) is 11.5. The Morgan fingerprint density at radius 2 is 2.05 bits per heavy atom. The number of carbonyl (C=O) groups is 2. The van der Waals surface area contributed by atoms with Gasteiger partial charge in [-0.2, -0.15) is 0 Å². The molecule has 0 fully saturated rings. The Bertz CT molecular complexity index is 442. The molecule has 0 saturated carbocycles. The van der Waals surface area contributed by atoms with E-state index in [1.54, 1.807) is 13.1 Å². The first-order valence-electron chi connectivity index (χ1n) is 6.21. The fourth-order valence-corrected chi connectivity index (χ4v) is 1.79. The Morgan fingerprint density at radius 3 is 2.53 bits per heavy atom. The maximum absolute atomic E-state index is 12.1. The second-order valence-electron chi connectivity index (χ2n) is 4.47. The summed E-state index contributed by atoms with van der Waals surface area (Å²) in [6, 6.07) is 3.33. The van der Waals surface area contributed by atoms with Crippen molar-refractivity contribution in [1.29, 1.82) is 0 Å². The normalized spacial score (nSPS) is 10.3. The van der Waals surface area contributed by atoms with Crippen LogP contribution in [0.4, 0.5) is 4.79 Å². The van der Waals surface area contributed by atoms with E-state index >= 15 is 0 Å². The minimum atomic E-state index is -1.01. The molecule has 1 N–H and O–H groups in total. The number of carbonyl (C=O) groups excluding carboxylic acids is 1. The molecule has 0 aromatic carbocycles. The summed E-state index contributed by atoms with van der Waals surface area (Å²) < 4.78 is 5.40. The van der Waals surface area contributed by atoms with Crippen molar-refractivity contribution in [2.24, 2.45) is 0 Å². The highest BCUT2D eigenvalue weighted by Gasteiger charge is 2.20. The fraction of sp³-hybridized carbons (Fsp3) is 0.538. The number of urea groups is 1. The summed E-state index contributed by atoms with van der Waals surface area (Å²) in [5, 5.41) is 8.80.